The van der Waals surface area contributed by atoms with Crippen LogP contribution in [0.4, 0.5) is 5.82 Å². The van der Waals surface area contributed by atoms with Crippen molar-refractivity contribution in [3.8, 4) is 5.88 Å². The van der Waals surface area contributed by atoms with Gasteiger partial charge in [-0.05, 0) is 26.0 Å². The average Bonchev–Trinajstić information content (AvgIpc) is 2.35. The van der Waals surface area contributed by atoms with Crippen molar-refractivity contribution in [1.29, 1.82) is 0 Å². The maximum Gasteiger partial charge on any atom is 0.219 e. The lowest BCUT2D eigenvalue weighted by molar-refractivity contribution is 0.207. The minimum atomic E-state index is 0.179. The van der Waals surface area contributed by atoms with Crippen molar-refractivity contribution in [2.45, 2.75) is 44.9 Å². The van der Waals surface area contributed by atoms with E-state index in [0.717, 1.165) is 30.4 Å². The van der Waals surface area contributed by atoms with E-state index in [2.05, 4.69) is 29.1 Å². The van der Waals surface area contributed by atoms with Gasteiger partial charge in [0.25, 0.3) is 0 Å². The van der Waals surface area contributed by atoms with Crippen LogP contribution in [0.3, 0.4) is 0 Å². The Bertz CT molecular complexity index is 347. The molecule has 0 fully saturated rings. The van der Waals surface area contributed by atoms with E-state index in [4.69, 9.17) is 4.74 Å². The van der Waals surface area contributed by atoms with Gasteiger partial charge >= 0.3 is 0 Å². The second-order valence-electron chi connectivity index (χ2n) is 3.84. The molecule has 1 unspecified atom stereocenters. The summed E-state index contributed by atoms with van der Waals surface area (Å²) in [4.78, 5) is 8.72. The van der Waals surface area contributed by atoms with Gasteiger partial charge in [0.1, 0.15) is 5.82 Å². The lowest BCUT2D eigenvalue weighted by Crippen LogP contribution is -2.12. The Hall–Kier alpha value is -0.970. The molecule has 1 atom stereocenters. The highest BCUT2D eigenvalue weighted by atomic mass is 32.2. The molecule has 0 bridgehead atoms. The van der Waals surface area contributed by atoms with Gasteiger partial charge in [-0.15, -0.1) is 0 Å². The van der Waals surface area contributed by atoms with Gasteiger partial charge in [-0.3, -0.25) is 0 Å². The summed E-state index contributed by atoms with van der Waals surface area (Å²) in [6.07, 6.45) is 4.18. The van der Waals surface area contributed by atoms with E-state index in [-0.39, 0.29) is 6.10 Å². The smallest absolute Gasteiger partial charge is 0.219 e. The zero-order valence-corrected chi connectivity index (χ0v) is 11.8. The fourth-order valence-corrected chi connectivity index (χ4v) is 1.56. The van der Waals surface area contributed by atoms with Gasteiger partial charge in [0, 0.05) is 12.6 Å². The Labute approximate surface area is 108 Å². The number of aromatic nitrogens is 2. The predicted molar refractivity (Wildman–Crippen MR) is 73.0 cm³/mol. The van der Waals surface area contributed by atoms with Crippen molar-refractivity contribution in [3.05, 3.63) is 6.07 Å². The van der Waals surface area contributed by atoms with E-state index in [1.807, 2.05) is 19.2 Å². The Kier molecular flexibility index (Phi) is 6.11. The maximum absolute atomic E-state index is 5.72. The number of thioether (sulfide) groups is 1. The van der Waals surface area contributed by atoms with Crippen molar-refractivity contribution in [1.82, 2.24) is 9.97 Å². The zero-order chi connectivity index (χ0) is 12.7. The van der Waals surface area contributed by atoms with Crippen LogP contribution < -0.4 is 10.1 Å². The van der Waals surface area contributed by atoms with Crippen LogP contribution in [0.2, 0.25) is 0 Å². The number of rotatable bonds is 7. The molecule has 0 spiro atoms. The van der Waals surface area contributed by atoms with Gasteiger partial charge in [-0.25, -0.2) is 4.98 Å². The molecule has 4 nitrogen and oxygen atoms in total. The predicted octanol–water partition coefficient (Wildman–Crippen LogP) is 3.20. The maximum atomic E-state index is 5.72. The van der Waals surface area contributed by atoms with E-state index in [0.29, 0.717) is 5.88 Å². The van der Waals surface area contributed by atoms with Crippen LogP contribution in [0.5, 0.6) is 5.88 Å². The molecule has 0 saturated heterocycles. The van der Waals surface area contributed by atoms with Crippen molar-refractivity contribution >= 4 is 17.6 Å². The molecule has 0 aliphatic heterocycles. The molecule has 0 amide bonds. The van der Waals surface area contributed by atoms with Crippen LogP contribution in [0.15, 0.2) is 11.2 Å². The third-order valence-electron chi connectivity index (χ3n) is 2.32. The first-order valence-corrected chi connectivity index (χ1v) is 7.25. The third-order valence-corrected chi connectivity index (χ3v) is 2.87. The van der Waals surface area contributed by atoms with E-state index in [1.165, 1.54) is 11.8 Å². The number of nitrogens with zero attached hydrogens (tertiary/aromatic N) is 2. The van der Waals surface area contributed by atoms with Crippen LogP contribution in [0.25, 0.3) is 0 Å². The zero-order valence-electron chi connectivity index (χ0n) is 11.0. The molecule has 1 rings (SSSR count). The molecule has 0 aromatic carbocycles. The van der Waals surface area contributed by atoms with Gasteiger partial charge in [-0.1, -0.05) is 25.6 Å². The van der Waals surface area contributed by atoms with Gasteiger partial charge in [0.2, 0.25) is 5.88 Å². The van der Waals surface area contributed by atoms with Crippen LogP contribution >= 0.6 is 11.8 Å². The number of hydrogen-bond donors (Lipinski definition) is 1. The fourth-order valence-electron chi connectivity index (χ4n) is 1.19. The summed E-state index contributed by atoms with van der Waals surface area (Å²) in [5.41, 5.74) is 0. The first-order chi connectivity index (χ1) is 8.19. The SMILES string of the molecule is CCCNc1cc(OC(C)CC)nc(SC)n1. The normalized spacial score (nSPS) is 12.2. The molecular formula is C12H21N3OS. The molecular weight excluding hydrogens is 234 g/mol. The monoisotopic (exact) mass is 255 g/mol. The lowest BCUT2D eigenvalue weighted by atomic mass is 10.3. The third kappa shape index (κ3) is 4.81. The summed E-state index contributed by atoms with van der Waals surface area (Å²) in [5.74, 6) is 1.49. The molecule has 1 aromatic heterocycles. The minimum Gasteiger partial charge on any atom is -0.475 e. The van der Waals surface area contributed by atoms with Gasteiger partial charge in [0.05, 0.1) is 6.10 Å². The molecule has 96 valence electrons. The topological polar surface area (TPSA) is 47.0 Å². The Morgan fingerprint density at radius 2 is 2.18 bits per heavy atom. The Balaban J connectivity index is 2.80. The van der Waals surface area contributed by atoms with E-state index < -0.39 is 0 Å². The summed E-state index contributed by atoms with van der Waals surface area (Å²) in [6.45, 7) is 7.17. The number of anilines is 1. The summed E-state index contributed by atoms with van der Waals surface area (Å²) >= 11 is 1.52. The van der Waals surface area contributed by atoms with Crippen LogP contribution in [-0.2, 0) is 0 Å². The van der Waals surface area contributed by atoms with Crippen LogP contribution in [0.1, 0.15) is 33.6 Å². The highest BCUT2D eigenvalue weighted by molar-refractivity contribution is 7.98. The van der Waals surface area contributed by atoms with Crippen molar-refractivity contribution in [2.24, 2.45) is 0 Å². The summed E-state index contributed by atoms with van der Waals surface area (Å²) in [5, 5.41) is 4.00. The molecule has 1 heterocycles. The summed E-state index contributed by atoms with van der Waals surface area (Å²) in [6, 6.07) is 1.86. The average molecular weight is 255 g/mol. The van der Waals surface area contributed by atoms with E-state index >= 15 is 0 Å². The quantitative estimate of drug-likeness (QED) is 0.599. The number of nitrogens with one attached hydrogen (secondary N) is 1. The van der Waals surface area contributed by atoms with Crippen molar-refractivity contribution in [3.63, 3.8) is 0 Å². The second kappa shape index (κ2) is 7.37. The number of hydrogen-bond acceptors (Lipinski definition) is 5. The minimum absolute atomic E-state index is 0.179. The summed E-state index contributed by atoms with van der Waals surface area (Å²) < 4.78 is 5.72. The van der Waals surface area contributed by atoms with Crippen molar-refractivity contribution in [2.75, 3.05) is 18.1 Å². The molecule has 0 radical (unpaired) electrons. The number of ether oxygens (including phenoxy) is 1. The molecule has 17 heavy (non-hydrogen) atoms. The second-order valence-corrected chi connectivity index (χ2v) is 4.62. The fraction of sp³-hybridized carbons (Fsp3) is 0.667. The van der Waals surface area contributed by atoms with E-state index in [9.17, 15) is 0 Å². The van der Waals surface area contributed by atoms with Crippen LogP contribution in [0, 0.1) is 0 Å². The van der Waals surface area contributed by atoms with Gasteiger partial charge in [0.15, 0.2) is 5.16 Å². The van der Waals surface area contributed by atoms with Crippen LogP contribution in [-0.4, -0.2) is 28.9 Å². The first-order valence-electron chi connectivity index (χ1n) is 6.03. The Morgan fingerprint density at radius 1 is 1.41 bits per heavy atom. The molecule has 0 aliphatic carbocycles. The van der Waals surface area contributed by atoms with Gasteiger partial charge in [-0.2, -0.15) is 4.98 Å². The van der Waals surface area contributed by atoms with E-state index in [1.54, 1.807) is 0 Å². The standard InChI is InChI=1S/C12H21N3OS/c1-5-7-13-10-8-11(16-9(3)6-2)15-12(14-10)17-4/h8-9H,5-7H2,1-4H3,(H,13,14,15). The summed E-state index contributed by atoms with van der Waals surface area (Å²) in [7, 11) is 0. The lowest BCUT2D eigenvalue weighted by Gasteiger charge is -2.13. The Morgan fingerprint density at radius 3 is 2.76 bits per heavy atom. The largest absolute Gasteiger partial charge is 0.475 e. The van der Waals surface area contributed by atoms with Gasteiger partial charge < -0.3 is 10.1 Å². The highest BCUT2D eigenvalue weighted by Crippen LogP contribution is 2.20. The highest BCUT2D eigenvalue weighted by Gasteiger charge is 2.07. The van der Waals surface area contributed by atoms with Crippen molar-refractivity contribution < 1.29 is 4.74 Å². The molecule has 5 heteroatoms. The molecule has 1 N–H and O–H groups in total. The molecule has 0 saturated carbocycles. The molecule has 0 aliphatic rings. The molecule has 1 aromatic rings. The first kappa shape index (κ1) is 14.1.